The van der Waals surface area contributed by atoms with Gasteiger partial charge in [-0.25, -0.2) is 4.98 Å². The molecule has 3 heteroatoms. The van der Waals surface area contributed by atoms with Gasteiger partial charge in [-0.2, -0.15) is 0 Å². The maximum Gasteiger partial charge on any atom is 0.127 e. The predicted octanol–water partition coefficient (Wildman–Crippen LogP) is 4.29. The summed E-state index contributed by atoms with van der Waals surface area (Å²) in [5.41, 5.74) is 1.65. The van der Waals surface area contributed by atoms with Gasteiger partial charge in [0.05, 0.1) is 0 Å². The Hall–Kier alpha value is -1.25. The average Bonchev–Trinajstić information content (AvgIpc) is 2.44. The van der Waals surface area contributed by atoms with Gasteiger partial charge in [0, 0.05) is 31.0 Å². The lowest BCUT2D eigenvalue weighted by Crippen LogP contribution is -2.28. The van der Waals surface area contributed by atoms with Crippen LogP contribution in [0.1, 0.15) is 52.4 Å². The predicted molar refractivity (Wildman–Crippen MR) is 82.7 cm³/mol. The number of nitrogens with zero attached hydrogens (tertiary/aromatic N) is 1. The molecule has 0 spiro atoms. The summed E-state index contributed by atoms with van der Waals surface area (Å²) >= 11 is 0. The SMILES string of the molecule is CCCNc1cc(NCC2(C)CCCCC2)ccn1. The number of hydrogen-bond donors (Lipinski definition) is 2. The second kappa shape index (κ2) is 6.78. The molecule has 0 saturated heterocycles. The van der Waals surface area contributed by atoms with Gasteiger partial charge in [-0.05, 0) is 30.7 Å². The van der Waals surface area contributed by atoms with Crippen LogP contribution in [-0.4, -0.2) is 18.1 Å². The van der Waals surface area contributed by atoms with Crippen molar-refractivity contribution < 1.29 is 0 Å². The van der Waals surface area contributed by atoms with E-state index in [-0.39, 0.29) is 0 Å². The molecule has 2 N–H and O–H groups in total. The van der Waals surface area contributed by atoms with Gasteiger partial charge in [0.25, 0.3) is 0 Å². The fourth-order valence-corrected chi connectivity index (χ4v) is 2.79. The minimum absolute atomic E-state index is 0.471. The summed E-state index contributed by atoms with van der Waals surface area (Å²) in [6.07, 6.45) is 9.89. The number of hydrogen-bond acceptors (Lipinski definition) is 3. The lowest BCUT2D eigenvalue weighted by atomic mass is 9.76. The van der Waals surface area contributed by atoms with E-state index in [9.17, 15) is 0 Å². The Morgan fingerprint density at radius 3 is 2.74 bits per heavy atom. The third-order valence-corrected chi connectivity index (χ3v) is 4.10. The Morgan fingerprint density at radius 1 is 1.21 bits per heavy atom. The first-order valence-electron chi connectivity index (χ1n) is 7.66. The molecule has 0 bridgehead atoms. The summed E-state index contributed by atoms with van der Waals surface area (Å²) in [5, 5.41) is 6.92. The maximum absolute atomic E-state index is 4.34. The average molecular weight is 261 g/mol. The summed E-state index contributed by atoms with van der Waals surface area (Å²) in [4.78, 5) is 4.34. The third-order valence-electron chi connectivity index (χ3n) is 4.10. The molecule has 0 radical (unpaired) electrons. The van der Waals surface area contributed by atoms with E-state index >= 15 is 0 Å². The van der Waals surface area contributed by atoms with E-state index in [1.807, 2.05) is 6.20 Å². The van der Waals surface area contributed by atoms with Gasteiger partial charge in [-0.15, -0.1) is 0 Å². The molecule has 3 nitrogen and oxygen atoms in total. The van der Waals surface area contributed by atoms with Gasteiger partial charge in [-0.3, -0.25) is 0 Å². The van der Waals surface area contributed by atoms with Crippen LogP contribution in [-0.2, 0) is 0 Å². The Bertz CT molecular complexity index is 383. The lowest BCUT2D eigenvalue weighted by Gasteiger charge is -2.34. The van der Waals surface area contributed by atoms with Crippen molar-refractivity contribution >= 4 is 11.5 Å². The number of anilines is 2. The first kappa shape index (κ1) is 14.2. The molecule has 1 aromatic rings. The highest BCUT2D eigenvalue weighted by molar-refractivity contribution is 5.51. The second-order valence-corrected chi connectivity index (χ2v) is 6.08. The number of aromatic nitrogens is 1. The highest BCUT2D eigenvalue weighted by Crippen LogP contribution is 2.35. The van der Waals surface area contributed by atoms with Crippen LogP contribution in [0.2, 0.25) is 0 Å². The van der Waals surface area contributed by atoms with E-state index in [4.69, 9.17) is 0 Å². The van der Waals surface area contributed by atoms with Crippen molar-refractivity contribution in [3.63, 3.8) is 0 Å². The van der Waals surface area contributed by atoms with Crippen molar-refractivity contribution in [1.29, 1.82) is 0 Å². The van der Waals surface area contributed by atoms with Crippen LogP contribution in [0, 0.1) is 5.41 Å². The standard InChI is InChI=1S/C16H27N3/c1-3-10-17-15-12-14(7-11-18-15)19-13-16(2)8-5-4-6-9-16/h7,11-12H,3-6,8-10,13H2,1-2H3,(H2,17,18,19). The summed E-state index contributed by atoms with van der Waals surface area (Å²) < 4.78 is 0. The largest absolute Gasteiger partial charge is 0.384 e. The molecule has 0 aromatic carbocycles. The van der Waals surface area contributed by atoms with E-state index in [2.05, 4.69) is 41.6 Å². The van der Waals surface area contributed by atoms with Crippen molar-refractivity contribution in [2.24, 2.45) is 5.41 Å². The van der Waals surface area contributed by atoms with E-state index in [0.29, 0.717) is 5.41 Å². The molecule has 1 saturated carbocycles. The molecule has 1 aliphatic rings. The molecule has 0 atom stereocenters. The van der Waals surface area contributed by atoms with Crippen LogP contribution in [0.15, 0.2) is 18.3 Å². The van der Waals surface area contributed by atoms with Gasteiger partial charge in [0.15, 0.2) is 0 Å². The smallest absolute Gasteiger partial charge is 0.127 e. The summed E-state index contributed by atoms with van der Waals surface area (Å²) in [7, 11) is 0. The highest BCUT2D eigenvalue weighted by Gasteiger charge is 2.26. The minimum atomic E-state index is 0.471. The van der Waals surface area contributed by atoms with Crippen LogP contribution in [0.5, 0.6) is 0 Å². The van der Waals surface area contributed by atoms with E-state index in [1.54, 1.807) is 0 Å². The molecule has 106 valence electrons. The number of rotatable bonds is 6. The molecule has 0 amide bonds. The van der Waals surface area contributed by atoms with Crippen molar-refractivity contribution in [3.05, 3.63) is 18.3 Å². The van der Waals surface area contributed by atoms with Crippen LogP contribution < -0.4 is 10.6 Å². The normalized spacial score (nSPS) is 18.0. The molecule has 2 rings (SSSR count). The molecule has 1 fully saturated rings. The molecular weight excluding hydrogens is 234 g/mol. The highest BCUT2D eigenvalue weighted by atomic mass is 15.0. The zero-order chi connectivity index (χ0) is 13.6. The zero-order valence-corrected chi connectivity index (χ0v) is 12.3. The molecule has 19 heavy (non-hydrogen) atoms. The summed E-state index contributed by atoms with van der Waals surface area (Å²) in [6.45, 7) is 6.63. The van der Waals surface area contributed by atoms with E-state index in [0.717, 1.165) is 25.3 Å². The van der Waals surface area contributed by atoms with Gasteiger partial charge in [-0.1, -0.05) is 33.1 Å². The summed E-state index contributed by atoms with van der Waals surface area (Å²) in [5.74, 6) is 0.973. The van der Waals surface area contributed by atoms with Crippen LogP contribution in [0.25, 0.3) is 0 Å². The Labute approximate surface area is 117 Å². The molecule has 0 unspecified atom stereocenters. The maximum atomic E-state index is 4.34. The third kappa shape index (κ3) is 4.41. The molecule has 0 aliphatic heterocycles. The minimum Gasteiger partial charge on any atom is -0.384 e. The molecular formula is C16H27N3. The zero-order valence-electron chi connectivity index (χ0n) is 12.3. The first-order valence-corrected chi connectivity index (χ1v) is 7.66. The first-order chi connectivity index (χ1) is 9.22. The Balaban J connectivity index is 1.88. The van der Waals surface area contributed by atoms with Crippen molar-refractivity contribution in [2.75, 3.05) is 23.7 Å². The van der Waals surface area contributed by atoms with E-state index in [1.165, 1.54) is 37.8 Å². The number of pyridine rings is 1. The fourth-order valence-electron chi connectivity index (χ4n) is 2.79. The molecule has 1 heterocycles. The molecule has 1 aliphatic carbocycles. The Kier molecular flexibility index (Phi) is 5.06. The van der Waals surface area contributed by atoms with Crippen molar-refractivity contribution in [3.8, 4) is 0 Å². The van der Waals surface area contributed by atoms with Crippen LogP contribution >= 0.6 is 0 Å². The fraction of sp³-hybridized carbons (Fsp3) is 0.688. The van der Waals surface area contributed by atoms with Gasteiger partial charge in [0.2, 0.25) is 0 Å². The van der Waals surface area contributed by atoms with Crippen LogP contribution in [0.4, 0.5) is 11.5 Å². The summed E-state index contributed by atoms with van der Waals surface area (Å²) in [6, 6.07) is 4.17. The Morgan fingerprint density at radius 2 is 2.00 bits per heavy atom. The van der Waals surface area contributed by atoms with Gasteiger partial charge >= 0.3 is 0 Å². The topological polar surface area (TPSA) is 37.0 Å². The monoisotopic (exact) mass is 261 g/mol. The quantitative estimate of drug-likeness (QED) is 0.802. The van der Waals surface area contributed by atoms with Gasteiger partial charge < -0.3 is 10.6 Å². The number of nitrogens with one attached hydrogen (secondary N) is 2. The second-order valence-electron chi connectivity index (χ2n) is 6.08. The van der Waals surface area contributed by atoms with Crippen molar-refractivity contribution in [2.45, 2.75) is 52.4 Å². The van der Waals surface area contributed by atoms with E-state index < -0.39 is 0 Å². The van der Waals surface area contributed by atoms with Crippen molar-refractivity contribution in [1.82, 2.24) is 4.98 Å². The van der Waals surface area contributed by atoms with Crippen LogP contribution in [0.3, 0.4) is 0 Å². The lowest BCUT2D eigenvalue weighted by molar-refractivity contribution is 0.233. The molecule has 1 aromatic heterocycles. The van der Waals surface area contributed by atoms with Gasteiger partial charge in [0.1, 0.15) is 5.82 Å².